The van der Waals surface area contributed by atoms with Gasteiger partial charge in [0, 0.05) is 37.9 Å². The van der Waals surface area contributed by atoms with Crippen molar-refractivity contribution in [1.82, 2.24) is 15.6 Å². The van der Waals surface area contributed by atoms with Crippen LogP contribution in [0.4, 0.5) is 5.82 Å². The predicted molar refractivity (Wildman–Crippen MR) is 141 cm³/mol. The average Bonchev–Trinajstić information content (AvgIpc) is 2.76. The summed E-state index contributed by atoms with van der Waals surface area (Å²) >= 11 is 0. The first-order chi connectivity index (χ1) is 15.1. The lowest BCUT2D eigenvalue weighted by molar-refractivity contribution is -0.00545. The van der Waals surface area contributed by atoms with Crippen LogP contribution in [0.1, 0.15) is 38.8 Å². The van der Waals surface area contributed by atoms with Crippen LogP contribution in [0.2, 0.25) is 0 Å². The van der Waals surface area contributed by atoms with E-state index in [1.807, 2.05) is 31.3 Å². The van der Waals surface area contributed by atoms with E-state index >= 15 is 0 Å². The van der Waals surface area contributed by atoms with E-state index in [2.05, 4.69) is 59.5 Å². The summed E-state index contributed by atoms with van der Waals surface area (Å²) in [7, 11) is 0. The lowest BCUT2D eigenvalue weighted by Gasteiger charge is -2.36. The molecule has 0 bridgehead atoms. The lowest BCUT2D eigenvalue weighted by Crippen LogP contribution is -2.45. The number of hydrogen-bond donors (Lipinski definition) is 2. The number of ether oxygens (including phenoxy) is 2. The van der Waals surface area contributed by atoms with Crippen LogP contribution in [0.15, 0.2) is 47.6 Å². The molecule has 2 N–H and O–H groups in total. The number of aromatic nitrogens is 1. The monoisotopic (exact) mass is 553 g/mol. The SMILES string of the molecule is CCNC(=NCc1ccc(N2CC(C)OC(C)C2)nc1)NCc1ccccc1OCC.I. The molecule has 0 spiro atoms. The number of benzene rings is 1. The highest BCUT2D eigenvalue weighted by Gasteiger charge is 2.22. The molecule has 32 heavy (non-hydrogen) atoms. The fraction of sp³-hybridized carbons (Fsp3) is 0.500. The van der Waals surface area contributed by atoms with E-state index in [0.717, 1.165) is 48.3 Å². The Kier molecular flexibility index (Phi) is 11.0. The van der Waals surface area contributed by atoms with Gasteiger partial charge in [-0.1, -0.05) is 24.3 Å². The van der Waals surface area contributed by atoms with Crippen molar-refractivity contribution in [2.24, 2.45) is 4.99 Å². The summed E-state index contributed by atoms with van der Waals surface area (Å²) in [6, 6.07) is 12.2. The summed E-state index contributed by atoms with van der Waals surface area (Å²) in [6.45, 7) is 12.7. The highest BCUT2D eigenvalue weighted by atomic mass is 127. The van der Waals surface area contributed by atoms with Gasteiger partial charge >= 0.3 is 0 Å². The molecule has 1 aromatic heterocycles. The van der Waals surface area contributed by atoms with E-state index in [1.165, 1.54) is 0 Å². The number of rotatable bonds is 8. The summed E-state index contributed by atoms with van der Waals surface area (Å²) in [5.41, 5.74) is 2.18. The highest BCUT2D eigenvalue weighted by Crippen LogP contribution is 2.19. The normalized spacial score (nSPS) is 18.6. The molecule has 3 rings (SSSR count). The maximum Gasteiger partial charge on any atom is 0.191 e. The largest absolute Gasteiger partial charge is 0.494 e. The van der Waals surface area contributed by atoms with Gasteiger partial charge in [-0.05, 0) is 45.4 Å². The summed E-state index contributed by atoms with van der Waals surface area (Å²) in [5.74, 6) is 2.67. The number of pyridine rings is 1. The molecule has 0 saturated carbocycles. The molecule has 7 nitrogen and oxygen atoms in total. The van der Waals surface area contributed by atoms with Crippen LogP contribution in [0, 0.1) is 0 Å². The zero-order chi connectivity index (χ0) is 22.1. The second-order valence-electron chi connectivity index (χ2n) is 7.78. The molecule has 0 amide bonds. The Bertz CT molecular complexity index is 837. The minimum atomic E-state index is 0. The zero-order valence-corrected chi connectivity index (χ0v) is 21.8. The summed E-state index contributed by atoms with van der Waals surface area (Å²) < 4.78 is 11.5. The van der Waals surface area contributed by atoms with Gasteiger partial charge in [0.1, 0.15) is 11.6 Å². The second-order valence-corrected chi connectivity index (χ2v) is 7.78. The van der Waals surface area contributed by atoms with Crippen molar-refractivity contribution in [3.05, 3.63) is 53.7 Å². The van der Waals surface area contributed by atoms with E-state index in [-0.39, 0.29) is 36.2 Å². The number of halogens is 1. The van der Waals surface area contributed by atoms with Crippen LogP contribution >= 0.6 is 24.0 Å². The molecule has 0 aliphatic carbocycles. The van der Waals surface area contributed by atoms with Gasteiger partial charge in [-0.25, -0.2) is 9.98 Å². The molecular weight excluding hydrogens is 517 g/mol. The number of anilines is 1. The van der Waals surface area contributed by atoms with Crippen molar-refractivity contribution in [1.29, 1.82) is 0 Å². The van der Waals surface area contributed by atoms with Gasteiger partial charge < -0.3 is 25.0 Å². The highest BCUT2D eigenvalue weighted by molar-refractivity contribution is 14.0. The molecule has 2 heterocycles. The zero-order valence-electron chi connectivity index (χ0n) is 19.5. The number of nitrogens with one attached hydrogen (secondary N) is 2. The van der Waals surface area contributed by atoms with Gasteiger partial charge in [0.05, 0.1) is 25.4 Å². The van der Waals surface area contributed by atoms with Crippen LogP contribution in [0.3, 0.4) is 0 Å². The van der Waals surface area contributed by atoms with Crippen molar-refractivity contribution in [2.75, 3.05) is 31.1 Å². The van der Waals surface area contributed by atoms with Crippen LogP contribution in [0.5, 0.6) is 5.75 Å². The Morgan fingerprint density at radius 3 is 2.53 bits per heavy atom. The first kappa shape index (κ1) is 26.2. The third-order valence-corrected chi connectivity index (χ3v) is 5.04. The summed E-state index contributed by atoms with van der Waals surface area (Å²) in [6.07, 6.45) is 2.35. The molecule has 0 radical (unpaired) electrons. The number of para-hydroxylation sites is 1. The molecule has 1 fully saturated rings. The van der Waals surface area contributed by atoms with Gasteiger partial charge in [0.25, 0.3) is 0 Å². The topological polar surface area (TPSA) is 71.0 Å². The minimum absolute atomic E-state index is 0. The summed E-state index contributed by atoms with van der Waals surface area (Å²) in [4.78, 5) is 11.7. The minimum Gasteiger partial charge on any atom is -0.494 e. The van der Waals surface area contributed by atoms with Gasteiger partial charge in [-0.2, -0.15) is 0 Å². The van der Waals surface area contributed by atoms with Crippen LogP contribution in [-0.2, 0) is 17.8 Å². The van der Waals surface area contributed by atoms with Gasteiger partial charge in [-0.15, -0.1) is 24.0 Å². The predicted octanol–water partition coefficient (Wildman–Crippen LogP) is 3.97. The smallest absolute Gasteiger partial charge is 0.191 e. The molecule has 2 aromatic rings. The Labute approximate surface area is 209 Å². The van der Waals surface area contributed by atoms with E-state index in [0.29, 0.717) is 19.7 Å². The van der Waals surface area contributed by atoms with Gasteiger partial charge in [0.15, 0.2) is 5.96 Å². The van der Waals surface area contributed by atoms with E-state index in [9.17, 15) is 0 Å². The fourth-order valence-corrected chi connectivity index (χ4v) is 3.70. The Hall–Kier alpha value is -2.07. The van der Waals surface area contributed by atoms with Gasteiger partial charge in [0.2, 0.25) is 0 Å². The number of aliphatic imine (C=N–C) groups is 1. The number of morpholine rings is 1. The van der Waals surface area contributed by atoms with Crippen LogP contribution in [-0.4, -0.2) is 49.4 Å². The summed E-state index contributed by atoms with van der Waals surface area (Å²) in [5, 5.41) is 6.70. The lowest BCUT2D eigenvalue weighted by atomic mass is 10.2. The van der Waals surface area contributed by atoms with Crippen molar-refractivity contribution in [3.63, 3.8) is 0 Å². The fourth-order valence-electron chi connectivity index (χ4n) is 3.70. The Morgan fingerprint density at radius 2 is 1.88 bits per heavy atom. The number of nitrogens with zero attached hydrogens (tertiary/aromatic N) is 3. The van der Waals surface area contributed by atoms with Crippen molar-refractivity contribution in [2.45, 2.75) is 53.0 Å². The van der Waals surface area contributed by atoms with Crippen molar-refractivity contribution >= 4 is 35.8 Å². The molecular formula is C24H36IN5O2. The Morgan fingerprint density at radius 1 is 1.12 bits per heavy atom. The molecule has 2 unspecified atom stereocenters. The van der Waals surface area contributed by atoms with Crippen molar-refractivity contribution < 1.29 is 9.47 Å². The standard InChI is InChI=1S/C24H35N5O2.HI/c1-5-25-24(28-15-21-9-7-8-10-22(21)30-6-2)27-14-20-11-12-23(26-13-20)29-16-18(3)31-19(4)17-29;/h7-13,18-19H,5-6,14-17H2,1-4H3,(H2,25,27,28);1H. The third kappa shape index (κ3) is 7.81. The van der Waals surface area contributed by atoms with Gasteiger partial charge in [-0.3, -0.25) is 0 Å². The third-order valence-electron chi connectivity index (χ3n) is 5.04. The van der Waals surface area contributed by atoms with Crippen LogP contribution < -0.4 is 20.3 Å². The average molecular weight is 553 g/mol. The number of guanidine groups is 1. The molecule has 8 heteroatoms. The quantitative estimate of drug-likeness (QED) is 0.293. The van der Waals surface area contributed by atoms with E-state index in [1.54, 1.807) is 0 Å². The number of hydrogen-bond acceptors (Lipinski definition) is 5. The first-order valence-corrected chi connectivity index (χ1v) is 11.2. The first-order valence-electron chi connectivity index (χ1n) is 11.2. The molecule has 1 aliphatic rings. The molecule has 1 saturated heterocycles. The van der Waals surface area contributed by atoms with E-state index < -0.39 is 0 Å². The van der Waals surface area contributed by atoms with Crippen molar-refractivity contribution in [3.8, 4) is 5.75 Å². The van der Waals surface area contributed by atoms with E-state index in [4.69, 9.17) is 14.5 Å². The second kappa shape index (κ2) is 13.5. The molecule has 1 aliphatic heterocycles. The molecule has 2 atom stereocenters. The maximum absolute atomic E-state index is 5.82. The van der Waals surface area contributed by atoms with Crippen LogP contribution in [0.25, 0.3) is 0 Å². The maximum atomic E-state index is 5.82. The Balaban J connectivity index is 0.00000363. The molecule has 1 aromatic carbocycles. The molecule has 176 valence electrons.